The summed E-state index contributed by atoms with van der Waals surface area (Å²) < 4.78 is 44.6. The van der Waals surface area contributed by atoms with Crippen molar-refractivity contribution in [2.24, 2.45) is 0 Å². The van der Waals surface area contributed by atoms with Gasteiger partial charge < -0.3 is 88.0 Å². The van der Waals surface area contributed by atoms with Gasteiger partial charge in [0.1, 0.15) is 22.4 Å². The molecule has 5 aliphatic rings. The number of carboxylic acid groups (broad SMARTS) is 1. The molecular weight excluding hydrogens is 1060 g/mol. The zero-order chi connectivity index (χ0) is 59.8. The minimum atomic E-state index is -1.61. The largest absolute Gasteiger partial charge is 0.479 e. The van der Waals surface area contributed by atoms with Gasteiger partial charge in [0.2, 0.25) is 0 Å². The molecule has 5 atom stereocenters. The number of methoxy groups -OCH3 is 5. The van der Waals surface area contributed by atoms with Crippen LogP contribution < -0.4 is 5.32 Å². The zero-order valence-corrected chi connectivity index (χ0v) is 49.3. The third-order valence-corrected chi connectivity index (χ3v) is 11.8. The quantitative estimate of drug-likeness (QED) is 0.145. The average molecular weight is 1140 g/mol. The van der Waals surface area contributed by atoms with Crippen LogP contribution in [0.5, 0.6) is 0 Å². The van der Waals surface area contributed by atoms with Crippen molar-refractivity contribution < 1.29 is 101 Å². The summed E-state index contributed by atoms with van der Waals surface area (Å²) in [6.07, 6.45) is -0.372. The number of carbonyl (C=O) groups excluding carboxylic acids is 7. The lowest BCUT2D eigenvalue weighted by Crippen LogP contribution is -2.46. The Hall–Kier alpha value is -5.50. The lowest BCUT2D eigenvalue weighted by atomic mass is 10.0. The summed E-state index contributed by atoms with van der Waals surface area (Å²) in [7, 11) is 6.57. The Morgan fingerprint density at radius 2 is 0.808 bits per heavy atom. The summed E-state index contributed by atoms with van der Waals surface area (Å²) in [4.78, 5) is 97.3. The molecule has 0 saturated carbocycles. The Kier molecular flexibility index (Phi) is 27.1. The third kappa shape index (κ3) is 22.7. The van der Waals surface area contributed by atoms with Gasteiger partial charge in [0.25, 0.3) is 0 Å². The number of aliphatic carboxylic acids is 1. The molecule has 4 amide bonds. The molecule has 5 aliphatic heterocycles. The molecule has 5 fully saturated rings. The Bertz CT molecular complexity index is 2090. The van der Waals surface area contributed by atoms with Gasteiger partial charge in [-0.15, -0.1) is 12.4 Å². The van der Waals surface area contributed by atoms with Gasteiger partial charge in [0, 0.05) is 79.0 Å². The normalized spacial score (nSPS) is 25.5. The maximum Gasteiger partial charge on any atom is 0.410 e. The monoisotopic (exact) mass is 1140 g/mol. The van der Waals surface area contributed by atoms with E-state index in [1.807, 2.05) is 0 Å². The first-order valence-corrected chi connectivity index (χ1v) is 24.9. The maximum absolute atomic E-state index is 11.9. The second-order valence-electron chi connectivity index (χ2n) is 22.9. The highest BCUT2D eigenvalue weighted by atomic mass is 35.5. The molecule has 5 heterocycles. The van der Waals surface area contributed by atoms with Gasteiger partial charge in [-0.2, -0.15) is 5.26 Å². The van der Waals surface area contributed by atoms with E-state index in [0.29, 0.717) is 45.6 Å². The molecule has 450 valence electrons. The number of esters is 3. The third-order valence-electron chi connectivity index (χ3n) is 11.8. The number of hydrogen-bond donors (Lipinski definition) is 5. The van der Waals surface area contributed by atoms with Crippen molar-refractivity contribution in [3.8, 4) is 6.07 Å². The van der Waals surface area contributed by atoms with E-state index in [-0.39, 0.29) is 64.4 Å². The number of ether oxygens (including phenoxy) is 9. The fourth-order valence-electron chi connectivity index (χ4n) is 7.60. The average Bonchev–Trinajstić information content (AvgIpc) is 4.18. The van der Waals surface area contributed by atoms with Gasteiger partial charge in [-0.3, -0.25) is 0 Å². The summed E-state index contributed by atoms with van der Waals surface area (Å²) in [6.45, 7) is 23.8. The van der Waals surface area contributed by atoms with Gasteiger partial charge >= 0.3 is 48.3 Å². The highest BCUT2D eigenvalue weighted by Gasteiger charge is 2.50. The molecule has 5 rings (SSSR count). The number of β-amino-alcohol motifs (C(OH)–C–C–N with tert-alkyl or cyclic N) is 3. The Morgan fingerprint density at radius 1 is 0.474 bits per heavy atom. The highest BCUT2D eigenvalue weighted by molar-refractivity contribution is 5.85. The van der Waals surface area contributed by atoms with E-state index in [4.69, 9.17) is 43.5 Å². The van der Waals surface area contributed by atoms with E-state index in [9.17, 15) is 53.7 Å². The zero-order valence-electron chi connectivity index (χ0n) is 48.5. The number of hydrogen-bond acceptors (Lipinski definition) is 22. The van der Waals surface area contributed by atoms with Crippen molar-refractivity contribution >= 4 is 60.7 Å². The molecule has 0 aromatic rings. The predicted molar refractivity (Wildman–Crippen MR) is 278 cm³/mol. The molecule has 78 heavy (non-hydrogen) atoms. The number of amides is 4. The number of halogens is 1. The minimum absolute atomic E-state index is 0. The van der Waals surface area contributed by atoms with Crippen LogP contribution in [0.25, 0.3) is 0 Å². The Morgan fingerprint density at radius 3 is 1.12 bits per heavy atom. The summed E-state index contributed by atoms with van der Waals surface area (Å²) in [5, 5.41) is 49.6. The van der Waals surface area contributed by atoms with E-state index in [1.54, 1.807) is 89.2 Å². The number of nitrogens with zero attached hydrogens (tertiary/aromatic N) is 5. The van der Waals surface area contributed by atoms with Gasteiger partial charge in [0.15, 0.2) is 28.0 Å². The Balaban J connectivity index is 0.000000957. The van der Waals surface area contributed by atoms with Gasteiger partial charge in [-0.1, -0.05) is 0 Å². The fourth-order valence-corrected chi connectivity index (χ4v) is 7.60. The lowest BCUT2D eigenvalue weighted by molar-refractivity contribution is -0.164. The molecule has 0 bridgehead atoms. The second-order valence-corrected chi connectivity index (χ2v) is 22.9. The molecule has 27 nitrogen and oxygen atoms in total. The van der Waals surface area contributed by atoms with Crippen LogP contribution in [0.3, 0.4) is 0 Å². The molecule has 5 N–H and O–H groups in total. The molecular formula is C50H87ClN6O21. The van der Waals surface area contributed by atoms with Crippen LogP contribution in [0.4, 0.5) is 19.2 Å². The van der Waals surface area contributed by atoms with Crippen molar-refractivity contribution in [2.75, 3.05) is 101 Å². The van der Waals surface area contributed by atoms with E-state index < -0.39 is 98.7 Å². The first-order chi connectivity index (χ1) is 35.1. The molecule has 0 aliphatic carbocycles. The molecule has 0 aromatic heterocycles. The summed E-state index contributed by atoms with van der Waals surface area (Å²) in [5.41, 5.74) is -8.92. The highest BCUT2D eigenvalue weighted by Crippen LogP contribution is 2.30. The molecule has 5 saturated heterocycles. The van der Waals surface area contributed by atoms with Crippen LogP contribution >= 0.6 is 12.4 Å². The molecule has 5 unspecified atom stereocenters. The smallest absolute Gasteiger partial charge is 0.410 e. The molecule has 0 spiro atoms. The van der Waals surface area contributed by atoms with Crippen LogP contribution in [0.2, 0.25) is 0 Å². The number of rotatable bonds is 6. The van der Waals surface area contributed by atoms with E-state index in [0.717, 1.165) is 0 Å². The molecule has 0 aromatic carbocycles. The van der Waals surface area contributed by atoms with Crippen molar-refractivity contribution in [2.45, 2.75) is 166 Å². The maximum atomic E-state index is 11.9. The molecule has 28 heteroatoms. The van der Waals surface area contributed by atoms with Crippen molar-refractivity contribution in [3.63, 3.8) is 0 Å². The number of likely N-dealkylation sites (tertiary alicyclic amines) is 4. The summed E-state index contributed by atoms with van der Waals surface area (Å²) in [5.74, 6) is -2.77. The lowest BCUT2D eigenvalue weighted by Gasteiger charge is -2.27. The minimum Gasteiger partial charge on any atom is -0.479 e. The number of nitrogens with one attached hydrogen (secondary N) is 1. The fraction of sp³-hybridized carbons (Fsp3) is 0.820. The predicted octanol–water partition coefficient (Wildman–Crippen LogP) is 3.00. The number of nitriles is 1. The number of aliphatic hydroxyl groups is 3. The van der Waals surface area contributed by atoms with Crippen LogP contribution in [-0.4, -0.2) is 240 Å². The second kappa shape index (κ2) is 29.1. The molecule has 0 radical (unpaired) electrons. The van der Waals surface area contributed by atoms with Crippen molar-refractivity contribution in [3.05, 3.63) is 0 Å². The van der Waals surface area contributed by atoms with Crippen molar-refractivity contribution in [1.29, 1.82) is 5.26 Å². The first-order valence-electron chi connectivity index (χ1n) is 24.9. The summed E-state index contributed by atoms with van der Waals surface area (Å²) in [6, 6.07) is 1.79. The standard InChI is InChI=1S/C12H21NO5.2C11H19NO5.C10H16N2O3.C6H11NO3.ClH/c1-11(2,3)18-10(15)13-7-6-12(8-13,17-5)9(14)16-4;1-10(2,3)17-9(14)12-6-5-11(15,7-12)8(13)16-4;1-10(2,3)17-9(15)12-6-5-11(7-12,16-4)8(13)14;1-9(2,3)15-8(13)12-5-4-10(14,6-11)7-12;1-10-5(8)6(9)2-3-7-4-6;/h6-8H2,1-5H3;15H,5-7H2,1-4H3;5-7H2,1-4H3,(H,13,14);14H,4-5,7H2,1-3H3;7,9H,2-4H2,1H3;1H. The van der Waals surface area contributed by atoms with E-state index >= 15 is 0 Å². The van der Waals surface area contributed by atoms with Crippen molar-refractivity contribution in [1.82, 2.24) is 24.9 Å². The topological polar surface area (TPSA) is 349 Å². The van der Waals surface area contributed by atoms with Crippen LogP contribution in [-0.2, 0) is 61.8 Å². The SMILES string of the molecule is CC(C)(C)OC(=O)N1CCC(O)(C#N)C1.COC(=O)C1(O)CCN(C(=O)OC(C)(C)C)C1.COC(=O)C1(O)CCNC1.COC(=O)C1(OC)CCN(C(=O)OC(C)(C)C)C1.COC1(C(=O)O)CCN(C(=O)OC(C)(C)C)C1.Cl. The van der Waals surface area contributed by atoms with Crippen LogP contribution in [0, 0.1) is 11.3 Å². The van der Waals surface area contributed by atoms with Gasteiger partial charge in [0.05, 0.1) is 53.6 Å². The van der Waals surface area contributed by atoms with Gasteiger partial charge in [-0.05, 0) is 89.6 Å². The summed E-state index contributed by atoms with van der Waals surface area (Å²) >= 11 is 0. The number of carboxylic acids is 1. The van der Waals surface area contributed by atoms with E-state index in [1.165, 1.54) is 55.1 Å². The van der Waals surface area contributed by atoms with Crippen LogP contribution in [0.1, 0.15) is 115 Å². The van der Waals surface area contributed by atoms with Gasteiger partial charge in [-0.25, -0.2) is 38.4 Å². The number of carbonyl (C=O) groups is 8. The first kappa shape index (κ1) is 72.5. The van der Waals surface area contributed by atoms with Crippen LogP contribution in [0.15, 0.2) is 0 Å². The van der Waals surface area contributed by atoms with E-state index in [2.05, 4.69) is 14.8 Å². The Labute approximate surface area is 463 Å².